The van der Waals surface area contributed by atoms with E-state index in [1.807, 2.05) is 0 Å². The van der Waals surface area contributed by atoms with Gasteiger partial charge < -0.3 is 4.90 Å². The molecule has 1 aliphatic rings. The lowest BCUT2D eigenvalue weighted by molar-refractivity contribution is -0.385. The normalized spacial score (nSPS) is 15.4. The quantitative estimate of drug-likeness (QED) is 0.600. The topological polar surface area (TPSA) is 80.5 Å². The van der Waals surface area contributed by atoms with Crippen LogP contribution in [-0.2, 0) is 4.79 Å². The Balaban J connectivity index is 2.23. The Morgan fingerprint density at radius 1 is 1.26 bits per heavy atom. The van der Waals surface area contributed by atoms with Crippen molar-refractivity contribution in [3.05, 3.63) is 39.7 Å². The molecule has 2 rings (SSSR count). The summed E-state index contributed by atoms with van der Waals surface area (Å²) in [4.78, 5) is 34.4. The van der Waals surface area contributed by atoms with E-state index in [2.05, 4.69) is 0 Å². The molecular weight excluding hydrogens is 255 g/mol. The number of halogens is 1. The number of ketones is 1. The first-order chi connectivity index (χ1) is 8.97. The average Bonchev–Trinajstić information content (AvgIpc) is 2.38. The van der Waals surface area contributed by atoms with Crippen LogP contribution in [0.3, 0.4) is 0 Å². The van der Waals surface area contributed by atoms with Gasteiger partial charge in [-0.3, -0.25) is 19.7 Å². The van der Waals surface area contributed by atoms with Gasteiger partial charge >= 0.3 is 0 Å². The largest absolute Gasteiger partial charge is 0.338 e. The predicted molar refractivity (Wildman–Crippen MR) is 63.2 cm³/mol. The molecular formula is C12H11FN2O4. The second kappa shape index (κ2) is 5.13. The Labute approximate surface area is 108 Å². The minimum Gasteiger partial charge on any atom is -0.338 e. The number of rotatable bonds is 2. The summed E-state index contributed by atoms with van der Waals surface area (Å²) in [6.07, 6.45) is 0.534. The maximum Gasteiger partial charge on any atom is 0.273 e. The molecule has 1 aliphatic heterocycles. The summed E-state index contributed by atoms with van der Waals surface area (Å²) in [5.74, 6) is -1.24. The van der Waals surface area contributed by atoms with Crippen LogP contribution in [0.15, 0.2) is 18.2 Å². The molecule has 1 aromatic rings. The highest BCUT2D eigenvalue weighted by Crippen LogP contribution is 2.19. The first-order valence-electron chi connectivity index (χ1n) is 5.73. The maximum absolute atomic E-state index is 13.2. The summed E-state index contributed by atoms with van der Waals surface area (Å²) in [5, 5.41) is 10.6. The van der Waals surface area contributed by atoms with Gasteiger partial charge in [0.05, 0.1) is 11.0 Å². The summed E-state index contributed by atoms with van der Waals surface area (Å²) >= 11 is 0. The Morgan fingerprint density at radius 2 is 1.89 bits per heavy atom. The van der Waals surface area contributed by atoms with Crippen molar-refractivity contribution < 1.29 is 18.9 Å². The van der Waals surface area contributed by atoms with Crippen LogP contribution in [0.5, 0.6) is 0 Å². The Hall–Kier alpha value is -2.31. The van der Waals surface area contributed by atoms with Crippen LogP contribution in [0.25, 0.3) is 0 Å². The molecule has 1 saturated heterocycles. The van der Waals surface area contributed by atoms with E-state index in [-0.39, 0.29) is 37.3 Å². The molecule has 19 heavy (non-hydrogen) atoms. The van der Waals surface area contributed by atoms with Crippen molar-refractivity contribution in [1.82, 2.24) is 4.90 Å². The zero-order chi connectivity index (χ0) is 14.0. The van der Waals surface area contributed by atoms with Crippen LogP contribution in [-0.4, -0.2) is 34.6 Å². The fourth-order valence-electron chi connectivity index (χ4n) is 1.94. The van der Waals surface area contributed by atoms with Gasteiger partial charge in [0, 0.05) is 37.6 Å². The van der Waals surface area contributed by atoms with E-state index in [0.717, 1.165) is 18.2 Å². The van der Waals surface area contributed by atoms with Crippen molar-refractivity contribution in [1.29, 1.82) is 0 Å². The molecule has 0 saturated carbocycles. The standard InChI is InChI=1S/C12H11FN2O4/c13-9-5-8(6-10(7-9)15(18)19)12(17)14-3-1-11(16)2-4-14/h5-7H,1-4H2. The number of carbonyl (C=O) groups is 2. The second-order valence-corrected chi connectivity index (χ2v) is 4.29. The number of Topliss-reactive ketones (excluding diaryl/α,β-unsaturated/α-hetero) is 1. The van der Waals surface area contributed by atoms with Crippen molar-refractivity contribution in [2.45, 2.75) is 12.8 Å². The van der Waals surface area contributed by atoms with E-state index < -0.39 is 22.3 Å². The molecule has 1 aromatic carbocycles. The van der Waals surface area contributed by atoms with Crippen LogP contribution < -0.4 is 0 Å². The fourth-order valence-corrected chi connectivity index (χ4v) is 1.94. The lowest BCUT2D eigenvalue weighted by atomic mass is 10.1. The van der Waals surface area contributed by atoms with E-state index in [1.165, 1.54) is 4.90 Å². The Bertz CT molecular complexity index is 549. The summed E-state index contributed by atoms with van der Waals surface area (Å²) < 4.78 is 13.2. The van der Waals surface area contributed by atoms with Gasteiger partial charge in [-0.15, -0.1) is 0 Å². The molecule has 0 radical (unpaired) electrons. The van der Waals surface area contributed by atoms with E-state index in [4.69, 9.17) is 0 Å². The number of amides is 1. The molecule has 7 heteroatoms. The van der Waals surface area contributed by atoms with Gasteiger partial charge in [0.15, 0.2) is 0 Å². The predicted octanol–water partition coefficient (Wildman–Crippen LogP) is 1.54. The summed E-state index contributed by atoms with van der Waals surface area (Å²) in [6, 6.07) is 2.77. The van der Waals surface area contributed by atoms with Crippen molar-refractivity contribution in [3.63, 3.8) is 0 Å². The number of nitrogens with zero attached hydrogens (tertiary/aromatic N) is 2. The zero-order valence-electron chi connectivity index (χ0n) is 9.97. The average molecular weight is 266 g/mol. The molecule has 0 unspecified atom stereocenters. The van der Waals surface area contributed by atoms with E-state index in [9.17, 15) is 24.1 Å². The highest BCUT2D eigenvalue weighted by molar-refractivity contribution is 5.96. The molecule has 0 N–H and O–H groups in total. The van der Waals surface area contributed by atoms with Crippen LogP contribution in [0, 0.1) is 15.9 Å². The number of nitro groups is 1. The molecule has 0 atom stereocenters. The van der Waals surface area contributed by atoms with Gasteiger partial charge in [0.1, 0.15) is 11.6 Å². The molecule has 100 valence electrons. The van der Waals surface area contributed by atoms with E-state index in [0.29, 0.717) is 0 Å². The van der Waals surface area contributed by atoms with Gasteiger partial charge in [-0.1, -0.05) is 0 Å². The van der Waals surface area contributed by atoms with Crippen molar-refractivity contribution >= 4 is 17.4 Å². The molecule has 6 nitrogen and oxygen atoms in total. The van der Waals surface area contributed by atoms with Gasteiger partial charge in [-0.05, 0) is 6.07 Å². The third-order valence-corrected chi connectivity index (χ3v) is 2.95. The van der Waals surface area contributed by atoms with Crippen LogP contribution in [0.1, 0.15) is 23.2 Å². The number of benzene rings is 1. The van der Waals surface area contributed by atoms with Crippen molar-refractivity contribution in [3.8, 4) is 0 Å². The molecule has 1 heterocycles. The van der Waals surface area contributed by atoms with Gasteiger partial charge in [-0.25, -0.2) is 4.39 Å². The van der Waals surface area contributed by atoms with Crippen LogP contribution >= 0.6 is 0 Å². The number of nitro benzene ring substituents is 1. The summed E-state index contributed by atoms with van der Waals surface area (Å²) in [7, 11) is 0. The SMILES string of the molecule is O=C1CCN(C(=O)c2cc(F)cc([N+](=O)[O-])c2)CC1. The molecule has 0 aliphatic carbocycles. The molecule has 1 amide bonds. The number of non-ortho nitro benzene ring substituents is 1. The Morgan fingerprint density at radius 3 is 2.47 bits per heavy atom. The molecule has 0 bridgehead atoms. The third-order valence-electron chi connectivity index (χ3n) is 2.95. The molecule has 0 spiro atoms. The van der Waals surface area contributed by atoms with E-state index in [1.54, 1.807) is 0 Å². The third kappa shape index (κ3) is 2.93. The van der Waals surface area contributed by atoms with Gasteiger partial charge in [0.25, 0.3) is 11.6 Å². The summed E-state index contributed by atoms with van der Waals surface area (Å²) in [5.41, 5.74) is -0.530. The minimum absolute atomic E-state index is 0.0685. The van der Waals surface area contributed by atoms with Crippen LogP contribution in [0.4, 0.5) is 10.1 Å². The summed E-state index contributed by atoms with van der Waals surface area (Å²) in [6.45, 7) is 0.532. The maximum atomic E-state index is 13.2. The van der Waals surface area contributed by atoms with Crippen molar-refractivity contribution in [2.75, 3.05) is 13.1 Å². The zero-order valence-corrected chi connectivity index (χ0v) is 9.97. The van der Waals surface area contributed by atoms with Crippen molar-refractivity contribution in [2.24, 2.45) is 0 Å². The molecule has 0 aromatic heterocycles. The second-order valence-electron chi connectivity index (χ2n) is 4.29. The highest BCUT2D eigenvalue weighted by Gasteiger charge is 2.23. The fraction of sp³-hybridized carbons (Fsp3) is 0.333. The smallest absolute Gasteiger partial charge is 0.273 e. The lowest BCUT2D eigenvalue weighted by Crippen LogP contribution is -2.38. The minimum atomic E-state index is -0.828. The molecule has 1 fully saturated rings. The van der Waals surface area contributed by atoms with Gasteiger partial charge in [-0.2, -0.15) is 0 Å². The van der Waals surface area contributed by atoms with Gasteiger partial charge in [0.2, 0.25) is 0 Å². The number of carbonyl (C=O) groups excluding carboxylic acids is 2. The monoisotopic (exact) mass is 266 g/mol. The lowest BCUT2D eigenvalue weighted by Gasteiger charge is -2.26. The first kappa shape index (κ1) is 13.1. The Kier molecular flexibility index (Phi) is 3.55. The number of hydrogen-bond donors (Lipinski definition) is 0. The van der Waals surface area contributed by atoms with E-state index >= 15 is 0 Å². The number of likely N-dealkylation sites (tertiary alicyclic amines) is 1. The number of hydrogen-bond acceptors (Lipinski definition) is 4. The highest BCUT2D eigenvalue weighted by atomic mass is 19.1. The first-order valence-corrected chi connectivity index (χ1v) is 5.73. The van der Waals surface area contributed by atoms with Crippen LogP contribution in [0.2, 0.25) is 0 Å². The number of piperidine rings is 1.